The fourth-order valence-electron chi connectivity index (χ4n) is 4.75. The van der Waals surface area contributed by atoms with Crippen molar-refractivity contribution in [2.45, 2.75) is 39.3 Å². The van der Waals surface area contributed by atoms with Gasteiger partial charge in [0, 0.05) is 24.9 Å². The Balaban J connectivity index is 1.87. The van der Waals surface area contributed by atoms with Gasteiger partial charge in [0.15, 0.2) is 0 Å². The molecule has 2 heterocycles. The average molecular weight is 513 g/mol. The van der Waals surface area contributed by atoms with E-state index >= 15 is 0 Å². The number of aromatic nitrogens is 1. The first kappa shape index (κ1) is 26.8. The average Bonchev–Trinajstić information content (AvgIpc) is 2.93. The van der Waals surface area contributed by atoms with E-state index in [1.54, 1.807) is 24.4 Å². The Labute approximate surface area is 222 Å². The number of rotatable bonds is 8. The molecule has 2 aromatic carbocycles. The molecule has 4 rings (SSSR count). The topological polar surface area (TPSA) is 94.0 Å². The zero-order valence-electron chi connectivity index (χ0n) is 21.8. The maximum atomic E-state index is 14.3. The van der Waals surface area contributed by atoms with Crippen LogP contribution in [0, 0.1) is 5.92 Å². The Morgan fingerprint density at radius 2 is 1.61 bits per heavy atom. The summed E-state index contributed by atoms with van der Waals surface area (Å²) < 4.78 is 0. The van der Waals surface area contributed by atoms with E-state index in [0.29, 0.717) is 17.7 Å². The van der Waals surface area contributed by atoms with Crippen molar-refractivity contribution < 1.29 is 19.5 Å². The number of nitrogens with zero attached hydrogens (tertiary/aromatic N) is 4. The van der Waals surface area contributed by atoms with Gasteiger partial charge in [-0.3, -0.25) is 24.3 Å². The number of pyridine rings is 1. The summed E-state index contributed by atoms with van der Waals surface area (Å²) >= 11 is 0. The molecule has 1 aliphatic rings. The van der Waals surface area contributed by atoms with Crippen molar-refractivity contribution in [1.29, 1.82) is 0 Å². The summed E-state index contributed by atoms with van der Waals surface area (Å²) in [5.74, 6) is -1.53. The van der Waals surface area contributed by atoms with Crippen LogP contribution in [0.5, 0.6) is 0 Å². The zero-order valence-corrected chi connectivity index (χ0v) is 21.8. The molecule has 1 unspecified atom stereocenters. The monoisotopic (exact) mass is 512 g/mol. The van der Waals surface area contributed by atoms with Gasteiger partial charge >= 0.3 is 0 Å². The van der Waals surface area contributed by atoms with Gasteiger partial charge in [-0.05, 0) is 30.0 Å². The molecule has 8 heteroatoms. The second kappa shape index (κ2) is 11.8. The van der Waals surface area contributed by atoms with E-state index in [4.69, 9.17) is 0 Å². The number of hydrazine groups is 1. The Morgan fingerprint density at radius 3 is 2.16 bits per heavy atom. The first-order chi connectivity index (χ1) is 18.3. The first-order valence-electron chi connectivity index (χ1n) is 12.6. The zero-order chi connectivity index (χ0) is 27.2. The highest BCUT2D eigenvalue weighted by Gasteiger charge is 2.45. The standard InChI is InChI=1S/C30H32N4O4/c1-21(2)28-30(38)34(33(22(3)36)25(20-35)18-23-12-6-4-7-13-23)27(24-14-8-5-9-15-24)19-32(28)29(37)26-16-10-11-17-31-26/h4-17,19,21,25,28,35H,18,20H2,1-3H3/t25-,28?/m0/s1. The van der Waals surface area contributed by atoms with Crippen molar-refractivity contribution in [1.82, 2.24) is 19.9 Å². The fourth-order valence-corrected chi connectivity index (χ4v) is 4.75. The number of hydrogen-bond acceptors (Lipinski definition) is 5. The molecule has 3 aromatic rings. The van der Waals surface area contributed by atoms with Gasteiger partial charge in [0.2, 0.25) is 5.91 Å². The number of benzene rings is 2. The lowest BCUT2D eigenvalue weighted by atomic mass is 9.97. The van der Waals surface area contributed by atoms with Crippen LogP contribution in [0.1, 0.15) is 42.4 Å². The fraction of sp³-hybridized carbons (Fsp3) is 0.267. The van der Waals surface area contributed by atoms with Crippen molar-refractivity contribution in [2.24, 2.45) is 5.92 Å². The van der Waals surface area contributed by atoms with Crippen molar-refractivity contribution in [2.75, 3.05) is 6.61 Å². The lowest BCUT2D eigenvalue weighted by Crippen LogP contribution is -2.63. The second-order valence-electron chi connectivity index (χ2n) is 9.54. The van der Waals surface area contributed by atoms with E-state index in [1.807, 2.05) is 74.5 Å². The van der Waals surface area contributed by atoms with E-state index in [0.717, 1.165) is 5.56 Å². The van der Waals surface area contributed by atoms with Crippen LogP contribution in [0.3, 0.4) is 0 Å². The van der Waals surface area contributed by atoms with Crippen LogP contribution >= 0.6 is 0 Å². The lowest BCUT2D eigenvalue weighted by Gasteiger charge is -2.47. The van der Waals surface area contributed by atoms with Gasteiger partial charge in [0.25, 0.3) is 11.8 Å². The molecular weight excluding hydrogens is 480 g/mol. The molecule has 1 N–H and O–H groups in total. The maximum Gasteiger partial charge on any atom is 0.277 e. The van der Waals surface area contributed by atoms with Crippen molar-refractivity contribution in [3.63, 3.8) is 0 Å². The molecule has 8 nitrogen and oxygen atoms in total. The number of carbonyl (C=O) groups excluding carboxylic acids is 3. The molecule has 0 saturated heterocycles. The normalized spacial score (nSPS) is 16.3. The SMILES string of the molecule is CC(=O)N([C@H](CO)Cc1ccccc1)N1C(=O)C(C(C)C)N(C(=O)c2ccccn2)C=C1c1ccccc1. The summed E-state index contributed by atoms with van der Waals surface area (Å²) in [6.07, 6.45) is 3.49. The third kappa shape index (κ3) is 5.50. The first-order valence-corrected chi connectivity index (χ1v) is 12.6. The number of aliphatic hydroxyl groups excluding tert-OH is 1. The molecule has 0 radical (unpaired) electrons. The smallest absolute Gasteiger partial charge is 0.277 e. The molecule has 0 bridgehead atoms. The molecule has 1 aliphatic heterocycles. The van der Waals surface area contributed by atoms with Crippen LogP contribution in [-0.2, 0) is 16.0 Å². The third-order valence-electron chi connectivity index (χ3n) is 6.48. The van der Waals surface area contributed by atoms with Gasteiger partial charge in [-0.25, -0.2) is 10.0 Å². The van der Waals surface area contributed by atoms with Gasteiger partial charge in [0.05, 0.1) is 18.3 Å². The van der Waals surface area contributed by atoms with E-state index in [1.165, 1.54) is 28.0 Å². The minimum Gasteiger partial charge on any atom is -0.394 e. The van der Waals surface area contributed by atoms with E-state index in [9.17, 15) is 19.5 Å². The Kier molecular flexibility index (Phi) is 8.33. The molecule has 0 spiro atoms. The minimum atomic E-state index is -0.894. The molecule has 0 aliphatic carbocycles. The van der Waals surface area contributed by atoms with E-state index < -0.39 is 29.8 Å². The number of carbonyl (C=O) groups is 3. The summed E-state index contributed by atoms with van der Waals surface area (Å²) in [6.45, 7) is 4.72. The maximum absolute atomic E-state index is 14.3. The highest BCUT2D eigenvalue weighted by molar-refractivity contribution is 6.02. The Morgan fingerprint density at radius 1 is 0.974 bits per heavy atom. The van der Waals surface area contributed by atoms with Crippen molar-refractivity contribution in [3.05, 3.63) is 108 Å². The van der Waals surface area contributed by atoms with Crippen LogP contribution in [0.2, 0.25) is 0 Å². The largest absolute Gasteiger partial charge is 0.394 e. The molecule has 0 fully saturated rings. The molecule has 1 aromatic heterocycles. The number of amides is 3. The summed E-state index contributed by atoms with van der Waals surface area (Å²) in [6, 6.07) is 22.1. The third-order valence-corrected chi connectivity index (χ3v) is 6.48. The molecule has 2 atom stereocenters. The van der Waals surface area contributed by atoms with Gasteiger partial charge in [0.1, 0.15) is 11.7 Å². The van der Waals surface area contributed by atoms with Crippen LogP contribution < -0.4 is 0 Å². The van der Waals surface area contributed by atoms with Gasteiger partial charge in [-0.15, -0.1) is 0 Å². The molecule has 196 valence electrons. The number of aliphatic hydroxyl groups is 1. The summed E-state index contributed by atoms with van der Waals surface area (Å²) in [5.41, 5.74) is 2.13. The quantitative estimate of drug-likeness (QED) is 0.496. The molecule has 38 heavy (non-hydrogen) atoms. The van der Waals surface area contributed by atoms with Gasteiger partial charge in [-0.2, -0.15) is 0 Å². The number of hydrogen-bond donors (Lipinski definition) is 1. The van der Waals surface area contributed by atoms with Crippen LogP contribution in [-0.4, -0.2) is 61.4 Å². The summed E-state index contributed by atoms with van der Waals surface area (Å²) in [4.78, 5) is 46.7. The summed E-state index contributed by atoms with van der Waals surface area (Å²) in [7, 11) is 0. The van der Waals surface area contributed by atoms with Crippen LogP contribution in [0.4, 0.5) is 0 Å². The minimum absolute atomic E-state index is 0.212. The van der Waals surface area contributed by atoms with Gasteiger partial charge < -0.3 is 5.11 Å². The Bertz CT molecular complexity index is 1300. The van der Waals surface area contributed by atoms with Gasteiger partial charge in [-0.1, -0.05) is 80.6 Å². The highest BCUT2D eigenvalue weighted by atomic mass is 16.3. The van der Waals surface area contributed by atoms with Crippen LogP contribution in [0.25, 0.3) is 5.70 Å². The highest BCUT2D eigenvalue weighted by Crippen LogP contribution is 2.33. The molecular formula is C30H32N4O4. The van der Waals surface area contributed by atoms with E-state index in [2.05, 4.69) is 4.98 Å². The second-order valence-corrected chi connectivity index (χ2v) is 9.54. The lowest BCUT2D eigenvalue weighted by molar-refractivity contribution is -0.165. The summed E-state index contributed by atoms with van der Waals surface area (Å²) in [5, 5.41) is 13.1. The van der Waals surface area contributed by atoms with Crippen LogP contribution in [0.15, 0.2) is 91.3 Å². The predicted molar refractivity (Wildman–Crippen MR) is 144 cm³/mol. The van der Waals surface area contributed by atoms with Crippen molar-refractivity contribution in [3.8, 4) is 0 Å². The molecule has 3 amide bonds. The van der Waals surface area contributed by atoms with E-state index in [-0.39, 0.29) is 18.2 Å². The van der Waals surface area contributed by atoms with Crippen molar-refractivity contribution >= 4 is 23.4 Å². The molecule has 0 saturated carbocycles. The Hall–Kier alpha value is -4.30. The predicted octanol–water partition coefficient (Wildman–Crippen LogP) is 3.76.